The monoisotopic (exact) mass is 380 g/mol. The SMILES string of the molecule is C/C(O)=C(\C#N)C(=O)Nc1ccc(-c2cccc(Cl)c2Cl)cc1Cl. The van der Waals surface area contributed by atoms with Crippen molar-refractivity contribution < 1.29 is 9.90 Å². The van der Waals surface area contributed by atoms with Crippen molar-refractivity contribution in [3.63, 3.8) is 0 Å². The average molecular weight is 382 g/mol. The first kappa shape index (κ1) is 18.2. The summed E-state index contributed by atoms with van der Waals surface area (Å²) >= 11 is 18.4. The number of rotatable bonds is 3. The zero-order valence-electron chi connectivity index (χ0n) is 12.4. The Kier molecular flexibility index (Phi) is 5.74. The molecule has 0 spiro atoms. The molecule has 4 nitrogen and oxygen atoms in total. The highest BCUT2D eigenvalue weighted by atomic mass is 35.5. The van der Waals surface area contributed by atoms with Crippen LogP contribution in [0.5, 0.6) is 0 Å². The van der Waals surface area contributed by atoms with E-state index in [1.807, 2.05) is 0 Å². The van der Waals surface area contributed by atoms with Crippen molar-refractivity contribution in [3.8, 4) is 17.2 Å². The number of allylic oxidation sites excluding steroid dienone is 1. The topological polar surface area (TPSA) is 73.1 Å². The fraction of sp³-hybridized carbons (Fsp3) is 0.0588. The molecule has 0 aliphatic heterocycles. The number of amides is 1. The van der Waals surface area contributed by atoms with E-state index in [1.165, 1.54) is 6.92 Å². The van der Waals surface area contributed by atoms with Crippen LogP contribution < -0.4 is 5.32 Å². The molecular weight excluding hydrogens is 371 g/mol. The third-order valence-corrected chi connectivity index (χ3v) is 4.31. The number of carbonyl (C=O) groups excluding carboxylic acids is 1. The number of nitriles is 1. The summed E-state index contributed by atoms with van der Waals surface area (Å²) in [6.07, 6.45) is 0. The summed E-state index contributed by atoms with van der Waals surface area (Å²) in [5.41, 5.74) is 1.35. The van der Waals surface area contributed by atoms with E-state index in [2.05, 4.69) is 5.32 Å². The molecule has 0 saturated carbocycles. The van der Waals surface area contributed by atoms with Gasteiger partial charge < -0.3 is 10.4 Å². The lowest BCUT2D eigenvalue weighted by Crippen LogP contribution is -2.15. The van der Waals surface area contributed by atoms with Crippen molar-refractivity contribution in [2.45, 2.75) is 6.92 Å². The lowest BCUT2D eigenvalue weighted by molar-refractivity contribution is -0.112. The molecule has 1 amide bonds. The van der Waals surface area contributed by atoms with E-state index in [-0.39, 0.29) is 16.4 Å². The van der Waals surface area contributed by atoms with Crippen LogP contribution in [0.4, 0.5) is 5.69 Å². The number of nitrogens with one attached hydrogen (secondary N) is 1. The highest BCUT2D eigenvalue weighted by Gasteiger charge is 2.15. The van der Waals surface area contributed by atoms with Crippen molar-refractivity contribution >= 4 is 46.4 Å². The number of halogens is 3. The number of carbonyl (C=O) groups is 1. The number of hydrogen-bond donors (Lipinski definition) is 2. The van der Waals surface area contributed by atoms with Gasteiger partial charge in [0.05, 0.1) is 20.8 Å². The minimum atomic E-state index is -0.743. The second kappa shape index (κ2) is 7.59. The lowest BCUT2D eigenvalue weighted by Gasteiger charge is -2.10. The standard InChI is InChI=1S/C17H11Cl3N2O2/c1-9(23)12(8-21)17(24)22-15-6-5-10(7-14(15)19)11-3-2-4-13(18)16(11)20/h2-7,23H,1H3,(H,22,24)/b12-9-. The Morgan fingerprint density at radius 1 is 1.17 bits per heavy atom. The summed E-state index contributed by atoms with van der Waals surface area (Å²) in [6.45, 7) is 1.25. The summed E-state index contributed by atoms with van der Waals surface area (Å²) in [4.78, 5) is 11.9. The number of anilines is 1. The maximum absolute atomic E-state index is 11.9. The minimum absolute atomic E-state index is 0.254. The largest absolute Gasteiger partial charge is 0.511 e. The smallest absolute Gasteiger partial charge is 0.269 e. The molecule has 2 aromatic carbocycles. The molecular formula is C17H11Cl3N2O2. The maximum Gasteiger partial charge on any atom is 0.269 e. The number of hydrogen-bond acceptors (Lipinski definition) is 3. The van der Waals surface area contributed by atoms with Gasteiger partial charge in [-0.2, -0.15) is 5.26 Å². The Labute approximate surface area is 153 Å². The van der Waals surface area contributed by atoms with E-state index in [1.54, 1.807) is 42.5 Å². The number of aliphatic hydroxyl groups is 1. The molecule has 0 radical (unpaired) electrons. The lowest BCUT2D eigenvalue weighted by atomic mass is 10.1. The summed E-state index contributed by atoms with van der Waals surface area (Å²) < 4.78 is 0. The van der Waals surface area contributed by atoms with Crippen LogP contribution in [-0.4, -0.2) is 11.0 Å². The Morgan fingerprint density at radius 3 is 2.46 bits per heavy atom. The van der Waals surface area contributed by atoms with Gasteiger partial charge in [0.1, 0.15) is 11.8 Å². The quantitative estimate of drug-likeness (QED) is 0.412. The van der Waals surface area contributed by atoms with Gasteiger partial charge in [-0.3, -0.25) is 4.79 Å². The molecule has 122 valence electrons. The molecule has 0 aromatic heterocycles. The zero-order chi connectivity index (χ0) is 17.9. The van der Waals surface area contributed by atoms with Crippen LogP contribution >= 0.6 is 34.8 Å². The van der Waals surface area contributed by atoms with E-state index < -0.39 is 5.91 Å². The van der Waals surface area contributed by atoms with Gasteiger partial charge in [-0.25, -0.2) is 0 Å². The van der Waals surface area contributed by atoms with Crippen molar-refractivity contribution in [1.29, 1.82) is 5.26 Å². The van der Waals surface area contributed by atoms with Gasteiger partial charge >= 0.3 is 0 Å². The molecule has 2 rings (SSSR count). The predicted octanol–water partition coefficient (Wildman–Crippen LogP) is 5.61. The van der Waals surface area contributed by atoms with E-state index in [4.69, 9.17) is 40.1 Å². The number of aliphatic hydroxyl groups excluding tert-OH is 1. The van der Waals surface area contributed by atoms with E-state index >= 15 is 0 Å². The van der Waals surface area contributed by atoms with Gasteiger partial charge in [-0.05, 0) is 30.7 Å². The van der Waals surface area contributed by atoms with Gasteiger partial charge in [0.2, 0.25) is 0 Å². The highest BCUT2D eigenvalue weighted by molar-refractivity contribution is 6.43. The summed E-state index contributed by atoms with van der Waals surface area (Å²) in [5, 5.41) is 21.7. The predicted molar refractivity (Wildman–Crippen MR) is 96.5 cm³/mol. The molecule has 0 heterocycles. The second-order valence-electron chi connectivity index (χ2n) is 4.82. The second-order valence-corrected chi connectivity index (χ2v) is 6.01. The van der Waals surface area contributed by atoms with Crippen LogP contribution in [0, 0.1) is 11.3 Å². The fourth-order valence-corrected chi connectivity index (χ4v) is 2.63. The highest BCUT2D eigenvalue weighted by Crippen LogP contribution is 2.36. The molecule has 7 heteroatoms. The van der Waals surface area contributed by atoms with Crippen molar-refractivity contribution in [1.82, 2.24) is 0 Å². The Morgan fingerprint density at radius 2 is 1.88 bits per heavy atom. The molecule has 2 aromatic rings. The van der Waals surface area contributed by atoms with Crippen molar-refractivity contribution in [3.05, 3.63) is 62.8 Å². The first-order valence-electron chi connectivity index (χ1n) is 6.70. The van der Waals surface area contributed by atoms with Gasteiger partial charge in [-0.1, -0.05) is 53.0 Å². The number of nitrogens with zero attached hydrogens (tertiary/aromatic N) is 1. The maximum atomic E-state index is 11.9. The molecule has 2 N–H and O–H groups in total. The van der Waals surface area contributed by atoms with Gasteiger partial charge in [0.15, 0.2) is 5.57 Å². The first-order chi connectivity index (χ1) is 11.3. The average Bonchev–Trinajstić information content (AvgIpc) is 2.52. The van der Waals surface area contributed by atoms with Gasteiger partial charge in [0.25, 0.3) is 5.91 Å². The molecule has 0 saturated heterocycles. The van der Waals surface area contributed by atoms with E-state index in [0.717, 1.165) is 5.56 Å². The third kappa shape index (κ3) is 3.82. The number of benzene rings is 2. The van der Waals surface area contributed by atoms with Crippen molar-refractivity contribution in [2.75, 3.05) is 5.32 Å². The Bertz CT molecular complexity index is 882. The molecule has 0 aliphatic carbocycles. The van der Waals surface area contributed by atoms with Gasteiger partial charge in [0, 0.05) is 5.56 Å². The van der Waals surface area contributed by atoms with Crippen LogP contribution in [0.2, 0.25) is 15.1 Å². The van der Waals surface area contributed by atoms with Crippen LogP contribution in [0.25, 0.3) is 11.1 Å². The summed E-state index contributed by atoms with van der Waals surface area (Å²) in [6, 6.07) is 11.8. The zero-order valence-corrected chi connectivity index (χ0v) is 14.7. The minimum Gasteiger partial charge on any atom is -0.511 e. The molecule has 0 unspecified atom stereocenters. The summed E-state index contributed by atoms with van der Waals surface area (Å²) in [7, 11) is 0. The normalized spacial score (nSPS) is 11.5. The Balaban J connectivity index is 2.35. The van der Waals surface area contributed by atoms with E-state index in [0.29, 0.717) is 21.3 Å². The molecule has 24 heavy (non-hydrogen) atoms. The Hall–Kier alpha value is -2.19. The van der Waals surface area contributed by atoms with Crippen LogP contribution in [-0.2, 0) is 4.79 Å². The first-order valence-corrected chi connectivity index (χ1v) is 7.83. The van der Waals surface area contributed by atoms with Crippen LogP contribution in [0.1, 0.15) is 6.92 Å². The molecule has 0 aliphatic rings. The van der Waals surface area contributed by atoms with E-state index in [9.17, 15) is 9.90 Å². The van der Waals surface area contributed by atoms with Crippen LogP contribution in [0.3, 0.4) is 0 Å². The molecule has 0 bridgehead atoms. The fourth-order valence-electron chi connectivity index (χ4n) is 1.99. The summed E-state index contributed by atoms with van der Waals surface area (Å²) in [5.74, 6) is -1.11. The van der Waals surface area contributed by atoms with Crippen LogP contribution in [0.15, 0.2) is 47.7 Å². The van der Waals surface area contributed by atoms with Gasteiger partial charge in [-0.15, -0.1) is 0 Å². The van der Waals surface area contributed by atoms with Crippen molar-refractivity contribution in [2.24, 2.45) is 0 Å². The molecule has 0 atom stereocenters. The third-order valence-electron chi connectivity index (χ3n) is 3.18. The molecule has 0 fully saturated rings.